The molecule has 1 aromatic heterocycles. The molecule has 0 amide bonds. The van der Waals surface area contributed by atoms with Gasteiger partial charge in [0.15, 0.2) is 5.78 Å². The van der Waals surface area contributed by atoms with Gasteiger partial charge in [-0.2, -0.15) is 0 Å². The molecule has 1 fully saturated rings. The highest BCUT2D eigenvalue weighted by atomic mass is 35.6. The fourth-order valence-electron chi connectivity index (χ4n) is 2.79. The van der Waals surface area contributed by atoms with Crippen molar-refractivity contribution < 1.29 is 9.59 Å². The summed E-state index contributed by atoms with van der Waals surface area (Å²) in [7, 11) is 1.66. The van der Waals surface area contributed by atoms with E-state index < -0.39 is 9.58 Å². The maximum atomic E-state index is 12.6. The van der Waals surface area contributed by atoms with Crippen LogP contribution in [0.4, 0.5) is 0 Å². The molecule has 20 heavy (non-hydrogen) atoms. The molecule has 0 radical (unpaired) electrons. The van der Waals surface area contributed by atoms with E-state index in [0.717, 1.165) is 25.7 Å². The predicted octanol–water partition coefficient (Wildman–Crippen LogP) is 4.34. The average molecular weight is 337 g/mol. The summed E-state index contributed by atoms with van der Waals surface area (Å²) < 4.78 is -0.473. The molecule has 1 saturated carbocycles. The van der Waals surface area contributed by atoms with Crippen molar-refractivity contribution in [3.63, 3.8) is 0 Å². The number of aryl methyl sites for hydroxylation is 1. The molecule has 110 valence electrons. The minimum atomic E-state index is -2.01. The Hall–Kier alpha value is -0.510. The van der Waals surface area contributed by atoms with Crippen molar-refractivity contribution in [1.29, 1.82) is 0 Å². The average Bonchev–Trinajstić information content (AvgIpc) is 2.93. The SMILES string of the molecule is Cn1cc(C(=O)C2(C)CCCC2)cc1C(=O)C(Cl)(Cl)Cl. The first-order valence-electron chi connectivity index (χ1n) is 6.48. The lowest BCUT2D eigenvalue weighted by Gasteiger charge is -2.20. The van der Waals surface area contributed by atoms with Crippen LogP contribution in [0.3, 0.4) is 0 Å². The van der Waals surface area contributed by atoms with E-state index in [9.17, 15) is 9.59 Å². The zero-order valence-corrected chi connectivity index (χ0v) is 13.6. The van der Waals surface area contributed by atoms with Gasteiger partial charge in [-0.05, 0) is 18.9 Å². The largest absolute Gasteiger partial charge is 0.347 e. The third kappa shape index (κ3) is 2.90. The molecule has 2 rings (SSSR count). The Morgan fingerprint density at radius 3 is 2.30 bits per heavy atom. The van der Waals surface area contributed by atoms with Crippen LogP contribution in [-0.2, 0) is 7.05 Å². The molecule has 0 bridgehead atoms. The van der Waals surface area contributed by atoms with Gasteiger partial charge in [-0.3, -0.25) is 9.59 Å². The lowest BCUT2D eigenvalue weighted by atomic mass is 9.81. The summed E-state index contributed by atoms with van der Waals surface area (Å²) in [4.78, 5) is 24.6. The topological polar surface area (TPSA) is 39.1 Å². The lowest BCUT2D eigenvalue weighted by Crippen LogP contribution is -2.24. The van der Waals surface area contributed by atoms with Gasteiger partial charge in [-0.1, -0.05) is 54.6 Å². The summed E-state index contributed by atoms with van der Waals surface area (Å²) in [5.41, 5.74) is 0.409. The molecule has 0 spiro atoms. The van der Waals surface area contributed by atoms with Crippen LogP contribution in [0.25, 0.3) is 0 Å². The van der Waals surface area contributed by atoms with Gasteiger partial charge in [0.1, 0.15) is 0 Å². The first-order chi connectivity index (χ1) is 9.15. The van der Waals surface area contributed by atoms with Gasteiger partial charge in [0.05, 0.1) is 5.69 Å². The Labute approximate surface area is 133 Å². The monoisotopic (exact) mass is 335 g/mol. The van der Waals surface area contributed by atoms with E-state index in [4.69, 9.17) is 34.8 Å². The van der Waals surface area contributed by atoms with E-state index in [2.05, 4.69) is 0 Å². The number of halogens is 3. The quantitative estimate of drug-likeness (QED) is 0.608. The predicted molar refractivity (Wildman–Crippen MR) is 80.9 cm³/mol. The number of carbonyl (C=O) groups excluding carboxylic acids is 2. The number of ketones is 2. The van der Waals surface area contributed by atoms with Crippen LogP contribution < -0.4 is 0 Å². The Bertz CT molecular complexity index is 551. The maximum absolute atomic E-state index is 12.6. The van der Waals surface area contributed by atoms with E-state index >= 15 is 0 Å². The second-order valence-corrected chi connectivity index (χ2v) is 7.93. The lowest BCUT2D eigenvalue weighted by molar-refractivity contribution is 0.0823. The second kappa shape index (κ2) is 5.36. The van der Waals surface area contributed by atoms with Crippen LogP contribution in [0.2, 0.25) is 0 Å². The van der Waals surface area contributed by atoms with Gasteiger partial charge in [0.25, 0.3) is 3.79 Å². The number of aromatic nitrogens is 1. The number of hydrogen-bond acceptors (Lipinski definition) is 2. The molecular formula is C14H16Cl3NO2. The summed E-state index contributed by atoms with van der Waals surface area (Å²) in [5.74, 6) is -0.561. The number of carbonyl (C=O) groups is 2. The van der Waals surface area contributed by atoms with Gasteiger partial charge in [0.2, 0.25) is 5.78 Å². The Balaban J connectivity index is 2.32. The van der Waals surface area contributed by atoms with Crippen molar-refractivity contribution >= 4 is 46.4 Å². The van der Waals surface area contributed by atoms with Crippen LogP contribution in [0.1, 0.15) is 53.5 Å². The van der Waals surface area contributed by atoms with Gasteiger partial charge < -0.3 is 4.57 Å². The van der Waals surface area contributed by atoms with Crippen molar-refractivity contribution in [3.05, 3.63) is 23.5 Å². The molecule has 6 heteroatoms. The molecule has 1 aliphatic rings. The zero-order chi connectivity index (χ0) is 15.1. The molecule has 0 aromatic carbocycles. The van der Waals surface area contributed by atoms with Crippen molar-refractivity contribution in [3.8, 4) is 0 Å². The van der Waals surface area contributed by atoms with Gasteiger partial charge in [-0.25, -0.2) is 0 Å². The summed E-state index contributed by atoms with van der Waals surface area (Å²) >= 11 is 16.8. The first-order valence-corrected chi connectivity index (χ1v) is 7.61. The van der Waals surface area contributed by atoms with Gasteiger partial charge >= 0.3 is 0 Å². The standard InChI is InChI=1S/C14H16Cl3NO2/c1-13(5-3-4-6-13)11(19)9-7-10(18(2)8-9)12(20)14(15,16)17/h7-8H,3-6H2,1-2H3. The highest BCUT2D eigenvalue weighted by molar-refractivity contribution is 6.77. The third-order valence-corrected chi connectivity index (χ3v) is 4.53. The molecule has 0 unspecified atom stereocenters. The van der Waals surface area contributed by atoms with E-state index in [-0.39, 0.29) is 16.9 Å². The smallest absolute Gasteiger partial charge is 0.255 e. The minimum Gasteiger partial charge on any atom is -0.347 e. The van der Waals surface area contributed by atoms with Crippen molar-refractivity contribution in [2.75, 3.05) is 0 Å². The molecular weight excluding hydrogens is 321 g/mol. The summed E-state index contributed by atoms with van der Waals surface area (Å²) in [5, 5.41) is 0. The van der Waals surface area contributed by atoms with Crippen LogP contribution in [0.15, 0.2) is 12.3 Å². The minimum absolute atomic E-state index is 0.0639. The molecule has 1 aromatic rings. The van der Waals surface area contributed by atoms with E-state index in [1.165, 1.54) is 10.6 Å². The third-order valence-electron chi connectivity index (χ3n) is 4.01. The first kappa shape index (κ1) is 15.9. The van der Waals surface area contributed by atoms with Crippen molar-refractivity contribution in [2.45, 2.75) is 36.4 Å². The number of hydrogen-bond donors (Lipinski definition) is 0. The van der Waals surface area contributed by atoms with Crippen LogP contribution in [-0.4, -0.2) is 19.9 Å². The van der Waals surface area contributed by atoms with Crippen molar-refractivity contribution in [2.24, 2.45) is 12.5 Å². The van der Waals surface area contributed by atoms with Crippen molar-refractivity contribution in [1.82, 2.24) is 4.57 Å². The Morgan fingerprint density at radius 1 is 1.25 bits per heavy atom. The second-order valence-electron chi connectivity index (χ2n) is 5.65. The van der Waals surface area contributed by atoms with E-state index in [0.29, 0.717) is 5.56 Å². The van der Waals surface area contributed by atoms with Gasteiger partial charge in [-0.15, -0.1) is 0 Å². The number of nitrogens with zero attached hydrogens (tertiary/aromatic N) is 1. The zero-order valence-electron chi connectivity index (χ0n) is 11.4. The fourth-order valence-corrected chi connectivity index (χ4v) is 3.08. The molecule has 0 saturated heterocycles. The molecule has 0 atom stereocenters. The Morgan fingerprint density at radius 2 is 1.80 bits per heavy atom. The normalized spacial score (nSPS) is 18.2. The molecule has 0 aliphatic heterocycles. The molecule has 1 heterocycles. The highest BCUT2D eigenvalue weighted by Gasteiger charge is 2.39. The van der Waals surface area contributed by atoms with E-state index in [1.54, 1.807) is 13.2 Å². The summed E-state index contributed by atoms with van der Waals surface area (Å²) in [6.45, 7) is 1.98. The number of rotatable bonds is 3. The fraction of sp³-hybridized carbons (Fsp3) is 0.571. The van der Waals surface area contributed by atoms with Crippen LogP contribution >= 0.6 is 34.8 Å². The van der Waals surface area contributed by atoms with Crippen LogP contribution in [0, 0.1) is 5.41 Å². The molecule has 3 nitrogen and oxygen atoms in total. The maximum Gasteiger partial charge on any atom is 0.255 e. The summed E-state index contributed by atoms with van der Waals surface area (Å²) in [6.07, 6.45) is 5.53. The molecule has 0 N–H and O–H groups in total. The van der Waals surface area contributed by atoms with Crippen LogP contribution in [0.5, 0.6) is 0 Å². The highest BCUT2D eigenvalue weighted by Crippen LogP contribution is 2.40. The molecule has 1 aliphatic carbocycles. The summed E-state index contributed by atoms with van der Waals surface area (Å²) in [6, 6.07) is 1.52. The van der Waals surface area contributed by atoms with Gasteiger partial charge in [0, 0.05) is 24.2 Å². The van der Waals surface area contributed by atoms with E-state index in [1.807, 2.05) is 6.92 Å². The Kier molecular flexibility index (Phi) is 4.25. The number of alkyl halides is 3. The number of Topliss-reactive ketones (excluding diaryl/α,β-unsaturated/α-hetero) is 2.